The van der Waals surface area contributed by atoms with E-state index in [4.69, 9.17) is 5.73 Å². The third kappa shape index (κ3) is 3.31. The second-order valence-electron chi connectivity index (χ2n) is 4.10. The lowest BCUT2D eigenvalue weighted by Gasteiger charge is -2.06. The highest BCUT2D eigenvalue weighted by Crippen LogP contribution is 2.20. The van der Waals surface area contributed by atoms with Gasteiger partial charge in [0, 0.05) is 35.7 Å². The number of nitrogens with two attached hydrogens (primary N) is 1. The van der Waals surface area contributed by atoms with E-state index in [1.165, 1.54) is 0 Å². The summed E-state index contributed by atoms with van der Waals surface area (Å²) in [5, 5.41) is 10.5. The maximum absolute atomic E-state index is 11.9. The normalized spacial score (nSPS) is 10.4. The van der Waals surface area contributed by atoms with Gasteiger partial charge in [-0.3, -0.25) is 4.79 Å². The maximum Gasteiger partial charge on any atom is 0.251 e. The number of hydrogen-bond acceptors (Lipinski definition) is 4. The van der Waals surface area contributed by atoms with Crippen LogP contribution < -0.4 is 11.1 Å². The van der Waals surface area contributed by atoms with Crippen molar-refractivity contribution in [1.82, 2.24) is 20.1 Å². The van der Waals surface area contributed by atoms with Crippen molar-refractivity contribution in [3.63, 3.8) is 0 Å². The summed E-state index contributed by atoms with van der Waals surface area (Å²) >= 11 is 3.29. The van der Waals surface area contributed by atoms with Crippen LogP contribution in [0.2, 0.25) is 0 Å². The molecule has 2 aromatic rings. The summed E-state index contributed by atoms with van der Waals surface area (Å²) in [6, 6.07) is 5.12. The molecule has 0 unspecified atom stereocenters. The van der Waals surface area contributed by atoms with E-state index in [0.717, 1.165) is 10.3 Å². The molecule has 0 saturated heterocycles. The fourth-order valence-corrected chi connectivity index (χ4v) is 1.85. The van der Waals surface area contributed by atoms with Crippen molar-refractivity contribution in [3.05, 3.63) is 40.4 Å². The number of aryl methyl sites for hydroxylation is 1. The minimum Gasteiger partial charge on any atom is -0.398 e. The van der Waals surface area contributed by atoms with Gasteiger partial charge >= 0.3 is 0 Å². The lowest BCUT2D eigenvalue weighted by Crippen LogP contribution is -2.26. The number of anilines is 1. The highest BCUT2D eigenvalue weighted by atomic mass is 79.9. The Morgan fingerprint density at radius 2 is 2.32 bits per heavy atom. The second-order valence-corrected chi connectivity index (χ2v) is 4.95. The zero-order valence-corrected chi connectivity index (χ0v) is 12.0. The van der Waals surface area contributed by atoms with E-state index in [2.05, 4.69) is 31.4 Å². The molecule has 1 aromatic heterocycles. The van der Waals surface area contributed by atoms with Crippen LogP contribution >= 0.6 is 15.9 Å². The highest BCUT2D eigenvalue weighted by Gasteiger charge is 2.07. The van der Waals surface area contributed by atoms with Gasteiger partial charge in [-0.05, 0) is 34.1 Å². The topological polar surface area (TPSA) is 85.8 Å². The molecule has 19 heavy (non-hydrogen) atoms. The van der Waals surface area contributed by atoms with Gasteiger partial charge in [-0.25, -0.2) is 0 Å². The second kappa shape index (κ2) is 5.83. The Morgan fingerprint density at radius 3 is 2.95 bits per heavy atom. The molecule has 0 spiro atoms. The summed E-state index contributed by atoms with van der Waals surface area (Å²) in [4.78, 5) is 11.9. The van der Waals surface area contributed by atoms with Crippen LogP contribution in [0, 0.1) is 0 Å². The number of aromatic nitrogens is 3. The van der Waals surface area contributed by atoms with E-state index in [1.807, 2.05) is 11.6 Å². The van der Waals surface area contributed by atoms with Gasteiger partial charge in [0.05, 0.1) is 0 Å². The monoisotopic (exact) mass is 323 g/mol. The lowest BCUT2D eigenvalue weighted by molar-refractivity contribution is 0.0954. The van der Waals surface area contributed by atoms with Gasteiger partial charge in [0.15, 0.2) is 0 Å². The Balaban J connectivity index is 1.91. The molecule has 0 bridgehead atoms. The fourth-order valence-electron chi connectivity index (χ4n) is 1.61. The first-order chi connectivity index (χ1) is 9.08. The van der Waals surface area contributed by atoms with Crippen molar-refractivity contribution in [3.8, 4) is 0 Å². The number of hydrogen-bond donors (Lipinski definition) is 2. The Kier molecular flexibility index (Phi) is 4.16. The minimum absolute atomic E-state index is 0.152. The lowest BCUT2D eigenvalue weighted by atomic mass is 10.2. The molecule has 3 N–H and O–H groups in total. The van der Waals surface area contributed by atoms with Gasteiger partial charge in [0.25, 0.3) is 5.91 Å². The smallest absolute Gasteiger partial charge is 0.251 e. The summed E-state index contributed by atoms with van der Waals surface area (Å²) in [5.74, 6) is 0.678. The van der Waals surface area contributed by atoms with Crippen molar-refractivity contribution in [2.24, 2.45) is 7.05 Å². The van der Waals surface area contributed by atoms with Crippen LogP contribution in [0.3, 0.4) is 0 Å². The van der Waals surface area contributed by atoms with Crippen molar-refractivity contribution < 1.29 is 4.79 Å². The van der Waals surface area contributed by atoms with Crippen LogP contribution in [0.4, 0.5) is 5.69 Å². The third-order valence-corrected chi connectivity index (χ3v) is 3.42. The molecule has 0 fully saturated rings. The summed E-state index contributed by atoms with van der Waals surface area (Å²) in [7, 11) is 1.87. The SMILES string of the molecule is Cn1cnnc1CCNC(=O)c1ccc(Br)c(N)c1. The fraction of sp³-hybridized carbons (Fsp3) is 0.250. The van der Waals surface area contributed by atoms with Crippen LogP contribution in [0.25, 0.3) is 0 Å². The number of amides is 1. The van der Waals surface area contributed by atoms with E-state index in [0.29, 0.717) is 24.2 Å². The molecule has 0 saturated carbocycles. The van der Waals surface area contributed by atoms with E-state index < -0.39 is 0 Å². The molecule has 0 aliphatic heterocycles. The van der Waals surface area contributed by atoms with Crippen LogP contribution in [0.5, 0.6) is 0 Å². The van der Waals surface area contributed by atoms with E-state index >= 15 is 0 Å². The number of nitrogens with one attached hydrogen (secondary N) is 1. The predicted molar refractivity (Wildman–Crippen MR) is 75.6 cm³/mol. The van der Waals surface area contributed by atoms with E-state index in [-0.39, 0.29) is 5.91 Å². The average molecular weight is 324 g/mol. The van der Waals surface area contributed by atoms with E-state index in [1.54, 1.807) is 24.5 Å². The quantitative estimate of drug-likeness (QED) is 0.826. The Bertz CT molecular complexity index is 596. The van der Waals surface area contributed by atoms with Crippen LogP contribution in [-0.2, 0) is 13.5 Å². The number of halogens is 1. The highest BCUT2D eigenvalue weighted by molar-refractivity contribution is 9.10. The summed E-state index contributed by atoms with van der Waals surface area (Å²) in [6.45, 7) is 0.501. The van der Waals surface area contributed by atoms with Gasteiger partial charge in [-0.1, -0.05) is 0 Å². The Hall–Kier alpha value is -1.89. The van der Waals surface area contributed by atoms with Gasteiger partial charge in [0.2, 0.25) is 0 Å². The van der Waals surface area contributed by atoms with Gasteiger partial charge < -0.3 is 15.6 Å². The molecular formula is C12H14BrN5O. The minimum atomic E-state index is -0.152. The molecule has 0 aliphatic rings. The molecule has 0 radical (unpaired) electrons. The zero-order chi connectivity index (χ0) is 13.8. The van der Waals surface area contributed by atoms with Crippen LogP contribution in [0.1, 0.15) is 16.2 Å². The van der Waals surface area contributed by atoms with Crippen LogP contribution in [-0.4, -0.2) is 27.2 Å². The Morgan fingerprint density at radius 1 is 1.53 bits per heavy atom. The van der Waals surface area contributed by atoms with Crippen molar-refractivity contribution in [2.45, 2.75) is 6.42 Å². The van der Waals surface area contributed by atoms with Gasteiger partial charge in [-0.2, -0.15) is 0 Å². The standard InChI is InChI=1S/C12H14BrN5O/c1-18-7-16-17-11(18)4-5-15-12(19)8-2-3-9(13)10(14)6-8/h2-3,6-7H,4-5,14H2,1H3,(H,15,19). The van der Waals surface area contributed by atoms with E-state index in [9.17, 15) is 4.79 Å². The molecule has 100 valence electrons. The van der Waals surface area contributed by atoms with Crippen molar-refractivity contribution in [1.29, 1.82) is 0 Å². The van der Waals surface area contributed by atoms with Gasteiger partial charge in [0.1, 0.15) is 12.2 Å². The third-order valence-electron chi connectivity index (χ3n) is 2.70. The first kappa shape index (κ1) is 13.5. The largest absolute Gasteiger partial charge is 0.398 e. The van der Waals surface area contributed by atoms with Crippen molar-refractivity contribution in [2.75, 3.05) is 12.3 Å². The molecule has 2 rings (SSSR count). The number of nitrogen functional groups attached to an aromatic ring is 1. The number of rotatable bonds is 4. The van der Waals surface area contributed by atoms with Gasteiger partial charge in [-0.15, -0.1) is 10.2 Å². The molecule has 1 aromatic carbocycles. The number of carbonyl (C=O) groups excluding carboxylic acids is 1. The average Bonchev–Trinajstić information content (AvgIpc) is 2.78. The Labute approximate surface area is 119 Å². The summed E-state index contributed by atoms with van der Waals surface area (Å²) in [6.07, 6.45) is 2.26. The summed E-state index contributed by atoms with van der Waals surface area (Å²) < 4.78 is 2.60. The van der Waals surface area contributed by atoms with Crippen molar-refractivity contribution >= 4 is 27.5 Å². The first-order valence-electron chi connectivity index (χ1n) is 5.74. The summed E-state index contributed by atoms with van der Waals surface area (Å²) in [5.41, 5.74) is 6.82. The molecule has 7 heteroatoms. The number of carbonyl (C=O) groups is 1. The molecule has 0 atom stereocenters. The molecule has 1 heterocycles. The maximum atomic E-state index is 11.9. The molecule has 6 nitrogen and oxygen atoms in total. The molecular weight excluding hydrogens is 310 g/mol. The predicted octanol–water partition coefficient (Wildman–Crippen LogP) is 1.13. The molecule has 0 aliphatic carbocycles. The molecule has 1 amide bonds. The first-order valence-corrected chi connectivity index (χ1v) is 6.53. The number of nitrogens with zero attached hydrogens (tertiary/aromatic N) is 3. The number of benzene rings is 1. The zero-order valence-electron chi connectivity index (χ0n) is 10.4. The van der Waals surface area contributed by atoms with Crippen LogP contribution in [0.15, 0.2) is 29.0 Å².